The Morgan fingerprint density at radius 3 is 2.27 bits per heavy atom. The SMILES string of the molecule is CCCN(CC(=O)N(Cc1ccccc1)C(C)C)Cc1ccccc1O. The highest BCUT2D eigenvalue weighted by Crippen LogP contribution is 2.18. The quantitative estimate of drug-likeness (QED) is 0.739. The number of carbonyl (C=O) groups is 1. The van der Waals surface area contributed by atoms with Crippen molar-refractivity contribution in [3.8, 4) is 5.75 Å². The first-order valence-corrected chi connectivity index (χ1v) is 9.33. The molecular formula is C22H30N2O2. The summed E-state index contributed by atoms with van der Waals surface area (Å²) >= 11 is 0. The number of rotatable bonds is 9. The maximum absolute atomic E-state index is 13.0. The van der Waals surface area contributed by atoms with Crippen LogP contribution in [0.5, 0.6) is 5.75 Å². The Morgan fingerprint density at radius 2 is 1.65 bits per heavy atom. The lowest BCUT2D eigenvalue weighted by Crippen LogP contribution is -2.43. The molecule has 4 nitrogen and oxygen atoms in total. The highest BCUT2D eigenvalue weighted by atomic mass is 16.3. The minimum Gasteiger partial charge on any atom is -0.508 e. The second-order valence-corrected chi connectivity index (χ2v) is 6.94. The lowest BCUT2D eigenvalue weighted by atomic mass is 10.1. The predicted molar refractivity (Wildman–Crippen MR) is 106 cm³/mol. The standard InChI is InChI=1S/C22H30N2O2/c1-4-14-23(16-20-12-8-9-13-21(20)25)17-22(26)24(18(2)3)15-19-10-6-5-7-11-19/h5-13,18,25H,4,14-17H2,1-3H3. The molecule has 0 aliphatic rings. The van der Waals surface area contributed by atoms with Crippen molar-refractivity contribution in [1.82, 2.24) is 9.80 Å². The monoisotopic (exact) mass is 354 g/mol. The number of carbonyl (C=O) groups excluding carboxylic acids is 1. The molecule has 2 aromatic carbocycles. The third kappa shape index (κ3) is 5.88. The molecule has 0 aromatic heterocycles. The molecule has 0 bridgehead atoms. The Bertz CT molecular complexity index is 686. The molecule has 0 radical (unpaired) electrons. The van der Waals surface area contributed by atoms with E-state index in [1.54, 1.807) is 6.07 Å². The molecule has 0 spiro atoms. The van der Waals surface area contributed by atoms with E-state index in [1.807, 2.05) is 55.1 Å². The van der Waals surface area contributed by atoms with Crippen molar-refractivity contribution >= 4 is 5.91 Å². The molecule has 2 rings (SSSR count). The van der Waals surface area contributed by atoms with Crippen LogP contribution in [0.2, 0.25) is 0 Å². The van der Waals surface area contributed by atoms with Gasteiger partial charge in [0, 0.05) is 24.7 Å². The van der Waals surface area contributed by atoms with E-state index >= 15 is 0 Å². The van der Waals surface area contributed by atoms with Crippen LogP contribution in [0, 0.1) is 0 Å². The molecule has 0 aliphatic heterocycles. The van der Waals surface area contributed by atoms with Gasteiger partial charge < -0.3 is 10.0 Å². The molecule has 0 saturated carbocycles. The maximum atomic E-state index is 13.0. The molecule has 0 unspecified atom stereocenters. The maximum Gasteiger partial charge on any atom is 0.237 e. The molecule has 140 valence electrons. The third-order valence-corrected chi connectivity index (χ3v) is 4.42. The summed E-state index contributed by atoms with van der Waals surface area (Å²) in [6, 6.07) is 17.6. The Morgan fingerprint density at radius 1 is 1.00 bits per heavy atom. The molecule has 1 N–H and O–H groups in total. The smallest absolute Gasteiger partial charge is 0.237 e. The van der Waals surface area contributed by atoms with Gasteiger partial charge in [0.25, 0.3) is 0 Å². The summed E-state index contributed by atoms with van der Waals surface area (Å²) < 4.78 is 0. The van der Waals surface area contributed by atoms with E-state index in [1.165, 1.54) is 0 Å². The number of aromatic hydroxyl groups is 1. The van der Waals surface area contributed by atoms with E-state index < -0.39 is 0 Å². The van der Waals surface area contributed by atoms with Crippen molar-refractivity contribution in [1.29, 1.82) is 0 Å². The van der Waals surface area contributed by atoms with Crippen molar-refractivity contribution in [3.63, 3.8) is 0 Å². The van der Waals surface area contributed by atoms with Crippen LogP contribution in [0.1, 0.15) is 38.3 Å². The second-order valence-electron chi connectivity index (χ2n) is 6.94. The summed E-state index contributed by atoms with van der Waals surface area (Å²) in [5, 5.41) is 10.0. The molecule has 2 aromatic rings. The predicted octanol–water partition coefficient (Wildman–Crippen LogP) is 4.04. The zero-order valence-electron chi connectivity index (χ0n) is 16.1. The normalized spacial score (nSPS) is 11.1. The van der Waals surface area contributed by atoms with Gasteiger partial charge in [0.05, 0.1) is 6.54 Å². The van der Waals surface area contributed by atoms with Gasteiger partial charge in [-0.3, -0.25) is 9.69 Å². The average Bonchev–Trinajstić information content (AvgIpc) is 2.62. The Balaban J connectivity index is 2.07. The first-order valence-electron chi connectivity index (χ1n) is 9.33. The summed E-state index contributed by atoms with van der Waals surface area (Å²) in [5.74, 6) is 0.402. The zero-order chi connectivity index (χ0) is 18.9. The number of para-hydroxylation sites is 1. The van der Waals surface area contributed by atoms with E-state index in [0.717, 1.165) is 24.1 Å². The summed E-state index contributed by atoms with van der Waals surface area (Å²) in [5.41, 5.74) is 1.99. The molecule has 1 amide bonds. The van der Waals surface area contributed by atoms with Gasteiger partial charge in [-0.05, 0) is 38.4 Å². The minimum atomic E-state index is 0.118. The lowest BCUT2D eigenvalue weighted by Gasteiger charge is -2.30. The van der Waals surface area contributed by atoms with Crippen molar-refractivity contribution in [2.75, 3.05) is 13.1 Å². The molecule has 0 atom stereocenters. The Labute approximate surface area is 157 Å². The van der Waals surface area contributed by atoms with Crippen LogP contribution < -0.4 is 0 Å². The Kier molecular flexibility index (Phi) is 7.67. The first kappa shape index (κ1) is 20.0. The highest BCUT2D eigenvalue weighted by molar-refractivity contribution is 5.78. The van der Waals surface area contributed by atoms with Crippen LogP contribution in [-0.2, 0) is 17.9 Å². The molecule has 4 heteroatoms. The molecule has 0 saturated heterocycles. The van der Waals surface area contributed by atoms with Gasteiger partial charge in [0.1, 0.15) is 5.75 Å². The first-order chi connectivity index (χ1) is 12.5. The van der Waals surface area contributed by atoms with Gasteiger partial charge >= 0.3 is 0 Å². The lowest BCUT2D eigenvalue weighted by molar-refractivity contribution is -0.135. The van der Waals surface area contributed by atoms with Crippen molar-refractivity contribution < 1.29 is 9.90 Å². The van der Waals surface area contributed by atoms with Gasteiger partial charge in [-0.2, -0.15) is 0 Å². The van der Waals surface area contributed by atoms with Gasteiger partial charge in [0.2, 0.25) is 5.91 Å². The molecule has 0 fully saturated rings. The molecule has 0 aliphatic carbocycles. The van der Waals surface area contributed by atoms with Crippen molar-refractivity contribution in [3.05, 3.63) is 65.7 Å². The number of hydrogen-bond acceptors (Lipinski definition) is 3. The topological polar surface area (TPSA) is 43.8 Å². The molecular weight excluding hydrogens is 324 g/mol. The van der Waals surface area contributed by atoms with Crippen LogP contribution in [0.25, 0.3) is 0 Å². The summed E-state index contributed by atoms with van der Waals surface area (Å²) in [7, 11) is 0. The fraction of sp³-hybridized carbons (Fsp3) is 0.409. The largest absolute Gasteiger partial charge is 0.508 e. The van der Waals surface area contributed by atoms with Crippen LogP contribution in [0.4, 0.5) is 0 Å². The third-order valence-electron chi connectivity index (χ3n) is 4.42. The fourth-order valence-electron chi connectivity index (χ4n) is 3.04. The van der Waals surface area contributed by atoms with Crippen LogP contribution in [0.15, 0.2) is 54.6 Å². The number of hydrogen-bond donors (Lipinski definition) is 1. The van der Waals surface area contributed by atoms with Gasteiger partial charge in [0.15, 0.2) is 0 Å². The van der Waals surface area contributed by atoms with E-state index in [-0.39, 0.29) is 17.7 Å². The van der Waals surface area contributed by atoms with E-state index in [9.17, 15) is 9.90 Å². The van der Waals surface area contributed by atoms with E-state index in [0.29, 0.717) is 19.6 Å². The van der Waals surface area contributed by atoms with Crippen LogP contribution in [0.3, 0.4) is 0 Å². The van der Waals surface area contributed by atoms with Crippen LogP contribution >= 0.6 is 0 Å². The molecule has 0 heterocycles. The number of nitrogens with zero attached hydrogens (tertiary/aromatic N) is 2. The fourth-order valence-corrected chi connectivity index (χ4v) is 3.04. The Hall–Kier alpha value is -2.33. The molecule has 26 heavy (non-hydrogen) atoms. The second kappa shape index (κ2) is 9.97. The highest BCUT2D eigenvalue weighted by Gasteiger charge is 2.20. The van der Waals surface area contributed by atoms with Gasteiger partial charge in [-0.25, -0.2) is 0 Å². The van der Waals surface area contributed by atoms with Gasteiger partial charge in [-0.15, -0.1) is 0 Å². The van der Waals surface area contributed by atoms with E-state index in [2.05, 4.69) is 24.0 Å². The number of benzene rings is 2. The van der Waals surface area contributed by atoms with E-state index in [4.69, 9.17) is 0 Å². The van der Waals surface area contributed by atoms with Crippen molar-refractivity contribution in [2.45, 2.75) is 46.3 Å². The summed E-state index contributed by atoms with van der Waals surface area (Å²) in [4.78, 5) is 17.0. The summed E-state index contributed by atoms with van der Waals surface area (Å²) in [6.45, 7) is 8.57. The zero-order valence-corrected chi connectivity index (χ0v) is 16.1. The number of phenolic OH excluding ortho intramolecular Hbond substituents is 1. The number of phenols is 1. The summed E-state index contributed by atoms with van der Waals surface area (Å²) in [6.07, 6.45) is 0.960. The van der Waals surface area contributed by atoms with Crippen LogP contribution in [-0.4, -0.2) is 39.9 Å². The minimum absolute atomic E-state index is 0.118. The average molecular weight is 354 g/mol. The van der Waals surface area contributed by atoms with Gasteiger partial charge in [-0.1, -0.05) is 55.5 Å². The number of amides is 1. The van der Waals surface area contributed by atoms with Crippen molar-refractivity contribution in [2.24, 2.45) is 0 Å².